The highest BCUT2D eigenvalue weighted by Crippen LogP contribution is 2.37. The monoisotopic (exact) mass is 376 g/mol. The van der Waals surface area contributed by atoms with Crippen LogP contribution in [0.3, 0.4) is 0 Å². The summed E-state index contributed by atoms with van der Waals surface area (Å²) in [5, 5.41) is 0. The zero-order chi connectivity index (χ0) is 20.9. The molecule has 0 heteroatoms. The van der Waals surface area contributed by atoms with E-state index in [0.717, 1.165) is 25.2 Å². The maximum atomic E-state index is 4.45. The summed E-state index contributed by atoms with van der Waals surface area (Å²) >= 11 is 0. The van der Waals surface area contributed by atoms with Gasteiger partial charge < -0.3 is 0 Å². The van der Waals surface area contributed by atoms with E-state index in [1.807, 2.05) is 0 Å². The molecule has 0 aliphatic heterocycles. The van der Waals surface area contributed by atoms with E-state index < -0.39 is 0 Å². The zero-order valence-electron chi connectivity index (χ0n) is 19.0. The summed E-state index contributed by atoms with van der Waals surface area (Å²) < 4.78 is 0. The molecule has 152 valence electrons. The predicted molar refractivity (Wildman–Crippen MR) is 129 cm³/mol. The van der Waals surface area contributed by atoms with Crippen LogP contribution < -0.4 is 0 Å². The third-order valence-electron chi connectivity index (χ3n) is 5.17. The van der Waals surface area contributed by atoms with Crippen molar-refractivity contribution in [2.24, 2.45) is 11.8 Å². The molecule has 0 saturated carbocycles. The van der Waals surface area contributed by atoms with Gasteiger partial charge in [-0.05, 0) is 67.2 Å². The van der Waals surface area contributed by atoms with Crippen LogP contribution in [0.2, 0.25) is 0 Å². The third-order valence-corrected chi connectivity index (χ3v) is 5.17. The summed E-state index contributed by atoms with van der Waals surface area (Å²) in [5.74, 6) is 1.42. The van der Waals surface area contributed by atoms with Crippen LogP contribution in [0.5, 0.6) is 0 Å². The van der Waals surface area contributed by atoms with Crippen molar-refractivity contribution in [1.29, 1.82) is 0 Å². The summed E-state index contributed by atoms with van der Waals surface area (Å²) in [6.07, 6.45) is 18.1. The molecule has 0 spiro atoms. The van der Waals surface area contributed by atoms with E-state index in [2.05, 4.69) is 109 Å². The second kappa shape index (κ2) is 13.2. The van der Waals surface area contributed by atoms with Gasteiger partial charge in [-0.25, -0.2) is 0 Å². The zero-order valence-corrected chi connectivity index (χ0v) is 19.0. The molecule has 1 aliphatic carbocycles. The second-order valence-corrected chi connectivity index (χ2v) is 7.96. The van der Waals surface area contributed by atoms with Crippen LogP contribution in [-0.2, 0) is 0 Å². The molecule has 1 unspecified atom stereocenters. The second-order valence-electron chi connectivity index (χ2n) is 7.96. The Hall–Kier alpha value is -2.08. The van der Waals surface area contributed by atoms with Crippen molar-refractivity contribution in [2.45, 2.75) is 67.2 Å². The van der Waals surface area contributed by atoms with Crippen LogP contribution in [-0.4, -0.2) is 0 Å². The maximum absolute atomic E-state index is 4.45. The minimum absolute atomic E-state index is 0.535. The molecule has 1 aromatic rings. The fraction of sp³-hybridized carbons (Fsp3) is 0.429. The highest BCUT2D eigenvalue weighted by Gasteiger charge is 2.20. The van der Waals surface area contributed by atoms with Gasteiger partial charge in [0.2, 0.25) is 0 Å². The molecule has 0 saturated heterocycles. The molecule has 0 amide bonds. The molecule has 0 fully saturated rings. The van der Waals surface area contributed by atoms with E-state index >= 15 is 0 Å². The summed E-state index contributed by atoms with van der Waals surface area (Å²) in [4.78, 5) is 0. The average Bonchev–Trinajstić information content (AvgIpc) is 2.70. The first kappa shape index (κ1) is 24.0. The van der Waals surface area contributed by atoms with Gasteiger partial charge in [0.05, 0.1) is 0 Å². The van der Waals surface area contributed by atoms with Gasteiger partial charge >= 0.3 is 0 Å². The first-order valence-corrected chi connectivity index (χ1v) is 10.9. The molecule has 1 aliphatic rings. The standard InChI is InChI=1S/C23H28.C5H12/c1-5-7-8-12-21-16-15-18(3)17-23(21)19(4)22-14-10-9-13-20(22)11-6-2;1-4-5(2)3/h6-11,13-15,17,21H,4-5,12,16H2,1-3H3;5H,4H2,1-3H3/b8-7?,11-6-;. The molecular formula is C28H40. The molecule has 2 rings (SSSR count). The quantitative estimate of drug-likeness (QED) is 0.416. The topological polar surface area (TPSA) is 0 Å². The Bertz CT molecular complexity index is 722. The fourth-order valence-corrected chi connectivity index (χ4v) is 3.11. The van der Waals surface area contributed by atoms with Crippen LogP contribution >= 0.6 is 0 Å². The van der Waals surface area contributed by atoms with Gasteiger partial charge in [0.25, 0.3) is 0 Å². The Kier molecular flexibility index (Phi) is 11.3. The number of benzene rings is 1. The van der Waals surface area contributed by atoms with Crippen LogP contribution in [0.15, 0.2) is 72.4 Å². The lowest BCUT2D eigenvalue weighted by molar-refractivity contribution is 0.626. The smallest absolute Gasteiger partial charge is 0.00866 e. The van der Waals surface area contributed by atoms with E-state index in [1.165, 1.54) is 34.3 Å². The lowest BCUT2D eigenvalue weighted by Crippen LogP contribution is -2.09. The lowest BCUT2D eigenvalue weighted by atomic mass is 9.80. The van der Waals surface area contributed by atoms with E-state index in [1.54, 1.807) is 0 Å². The molecule has 1 aromatic carbocycles. The van der Waals surface area contributed by atoms with Crippen molar-refractivity contribution >= 4 is 11.6 Å². The van der Waals surface area contributed by atoms with E-state index in [0.29, 0.717) is 5.92 Å². The Morgan fingerprint density at radius 3 is 2.46 bits per heavy atom. The molecular weight excluding hydrogens is 336 g/mol. The van der Waals surface area contributed by atoms with E-state index in [4.69, 9.17) is 0 Å². The minimum Gasteiger partial charge on any atom is -0.0908 e. The summed E-state index contributed by atoms with van der Waals surface area (Å²) in [6, 6.07) is 8.54. The van der Waals surface area contributed by atoms with Gasteiger partial charge in [-0.15, -0.1) is 0 Å². The minimum atomic E-state index is 0.535. The van der Waals surface area contributed by atoms with Crippen LogP contribution in [0, 0.1) is 11.8 Å². The molecule has 0 nitrogen and oxygen atoms in total. The Balaban J connectivity index is 0.000000696. The summed E-state index contributed by atoms with van der Waals surface area (Å²) in [7, 11) is 0. The third kappa shape index (κ3) is 7.89. The Labute approximate surface area is 174 Å². The number of allylic oxidation sites excluding steroid dienone is 8. The average molecular weight is 377 g/mol. The number of hydrogen-bond donors (Lipinski definition) is 0. The van der Waals surface area contributed by atoms with Crippen molar-refractivity contribution in [3.63, 3.8) is 0 Å². The Morgan fingerprint density at radius 2 is 1.86 bits per heavy atom. The SMILES string of the molecule is C=C(C1=CC(C)=CCC1CC=CCC)c1ccccc1/C=C\C.CCC(C)C. The van der Waals surface area contributed by atoms with Crippen molar-refractivity contribution in [1.82, 2.24) is 0 Å². The van der Waals surface area contributed by atoms with Gasteiger partial charge in [0.1, 0.15) is 0 Å². The van der Waals surface area contributed by atoms with Gasteiger partial charge in [-0.3, -0.25) is 0 Å². The summed E-state index contributed by atoms with van der Waals surface area (Å²) in [6.45, 7) is 17.5. The van der Waals surface area contributed by atoms with E-state index in [9.17, 15) is 0 Å². The van der Waals surface area contributed by atoms with Crippen LogP contribution in [0.1, 0.15) is 78.4 Å². The van der Waals surface area contributed by atoms with Crippen molar-refractivity contribution in [3.05, 3.63) is 83.5 Å². The first-order valence-electron chi connectivity index (χ1n) is 10.9. The Morgan fingerprint density at radius 1 is 1.18 bits per heavy atom. The molecule has 0 N–H and O–H groups in total. The first-order chi connectivity index (χ1) is 13.4. The van der Waals surface area contributed by atoms with Gasteiger partial charge in [0, 0.05) is 0 Å². The maximum Gasteiger partial charge on any atom is -0.00866 e. The molecule has 28 heavy (non-hydrogen) atoms. The van der Waals surface area contributed by atoms with Gasteiger partial charge in [0.15, 0.2) is 0 Å². The van der Waals surface area contributed by atoms with E-state index in [-0.39, 0.29) is 0 Å². The van der Waals surface area contributed by atoms with Crippen LogP contribution in [0.25, 0.3) is 11.6 Å². The molecule has 0 bridgehead atoms. The van der Waals surface area contributed by atoms with Crippen molar-refractivity contribution < 1.29 is 0 Å². The number of rotatable bonds is 7. The van der Waals surface area contributed by atoms with Crippen molar-refractivity contribution in [3.8, 4) is 0 Å². The molecule has 1 atom stereocenters. The lowest BCUT2D eigenvalue weighted by Gasteiger charge is -2.25. The largest absolute Gasteiger partial charge is 0.0908 e. The molecule has 0 heterocycles. The van der Waals surface area contributed by atoms with Gasteiger partial charge in [-0.1, -0.05) is 107 Å². The molecule has 0 aromatic heterocycles. The van der Waals surface area contributed by atoms with Crippen LogP contribution in [0.4, 0.5) is 0 Å². The van der Waals surface area contributed by atoms with Gasteiger partial charge in [-0.2, -0.15) is 0 Å². The molecule has 0 radical (unpaired) electrons. The summed E-state index contributed by atoms with van der Waals surface area (Å²) in [5.41, 5.74) is 6.40. The highest BCUT2D eigenvalue weighted by molar-refractivity contribution is 5.83. The fourth-order valence-electron chi connectivity index (χ4n) is 3.11. The number of hydrogen-bond acceptors (Lipinski definition) is 0. The highest BCUT2D eigenvalue weighted by atomic mass is 14.2. The van der Waals surface area contributed by atoms with Crippen molar-refractivity contribution in [2.75, 3.05) is 0 Å². The normalized spacial score (nSPS) is 16.8. The predicted octanol–water partition coefficient (Wildman–Crippen LogP) is 9.03.